The van der Waals surface area contributed by atoms with E-state index < -0.39 is 0 Å². The lowest BCUT2D eigenvalue weighted by molar-refractivity contribution is -0.122. The van der Waals surface area contributed by atoms with Crippen molar-refractivity contribution < 1.29 is 24.2 Å². The Morgan fingerprint density at radius 3 is 2.54 bits per heavy atom. The first-order valence-corrected chi connectivity index (χ1v) is 7.58. The molecule has 0 aliphatic carbocycles. The van der Waals surface area contributed by atoms with Crippen LogP contribution in [0.25, 0.3) is 11.4 Å². The molecule has 1 aromatic carbocycles. The van der Waals surface area contributed by atoms with E-state index in [9.17, 15) is 4.79 Å². The summed E-state index contributed by atoms with van der Waals surface area (Å²) in [5, 5.41) is 6.89. The van der Waals surface area contributed by atoms with Crippen LogP contribution in [0.1, 0.15) is 29.2 Å². The number of carboxylic acid groups (broad SMARTS) is 1. The number of esters is 1. The number of rotatable bonds is 3. The molecule has 3 rings (SSSR count). The van der Waals surface area contributed by atoms with E-state index in [0.29, 0.717) is 11.6 Å². The molecule has 7 nitrogen and oxygen atoms in total. The number of aromatic nitrogens is 2. The van der Waals surface area contributed by atoms with Gasteiger partial charge in [0.25, 0.3) is 6.47 Å². The second-order valence-corrected chi connectivity index (χ2v) is 5.18. The highest BCUT2D eigenvalue weighted by Crippen LogP contribution is 2.27. The smallest absolute Gasteiger partial charge is 0.337 e. The zero-order chi connectivity index (χ0) is 17.4. The molecule has 7 heteroatoms. The standard InChI is InChI=1S/C16H18N2O3.CH2O2/c1-20-16(19)13-4-2-12(3-5-13)15-17-8-9-18(15)14-6-10-21-11-7-14;2-1-3/h2-5,8-9,14H,6-7,10-11H2,1H3;1H,(H,2,3). The van der Waals surface area contributed by atoms with Crippen LogP contribution in [0.3, 0.4) is 0 Å². The normalized spacial score (nSPS) is 14.4. The number of ether oxygens (including phenoxy) is 2. The van der Waals surface area contributed by atoms with Gasteiger partial charge in [-0.15, -0.1) is 0 Å². The fraction of sp³-hybridized carbons (Fsp3) is 0.353. The molecule has 1 aromatic heterocycles. The lowest BCUT2D eigenvalue weighted by Crippen LogP contribution is -2.19. The second-order valence-electron chi connectivity index (χ2n) is 5.18. The molecule has 24 heavy (non-hydrogen) atoms. The zero-order valence-electron chi connectivity index (χ0n) is 13.4. The Morgan fingerprint density at radius 2 is 1.96 bits per heavy atom. The largest absolute Gasteiger partial charge is 0.483 e. The van der Waals surface area contributed by atoms with Gasteiger partial charge >= 0.3 is 5.97 Å². The first-order chi connectivity index (χ1) is 11.7. The average Bonchev–Trinajstić information content (AvgIpc) is 3.12. The van der Waals surface area contributed by atoms with Crippen LogP contribution in [0.2, 0.25) is 0 Å². The number of methoxy groups -OCH3 is 1. The Bertz CT molecular complexity index is 660. The fourth-order valence-electron chi connectivity index (χ4n) is 2.67. The summed E-state index contributed by atoms with van der Waals surface area (Å²) in [6.07, 6.45) is 5.84. The number of benzene rings is 1. The molecule has 0 amide bonds. The van der Waals surface area contributed by atoms with Crippen molar-refractivity contribution in [3.63, 3.8) is 0 Å². The van der Waals surface area contributed by atoms with Crippen LogP contribution in [-0.2, 0) is 14.3 Å². The summed E-state index contributed by atoms with van der Waals surface area (Å²) in [6.45, 7) is 1.34. The van der Waals surface area contributed by atoms with Gasteiger partial charge in [0, 0.05) is 37.2 Å². The molecule has 0 unspecified atom stereocenters. The van der Waals surface area contributed by atoms with Crippen LogP contribution in [-0.4, -0.2) is 47.4 Å². The van der Waals surface area contributed by atoms with Crippen LogP contribution < -0.4 is 0 Å². The van der Waals surface area contributed by atoms with Gasteiger partial charge in [0.2, 0.25) is 0 Å². The van der Waals surface area contributed by atoms with Gasteiger partial charge in [0.1, 0.15) is 5.82 Å². The van der Waals surface area contributed by atoms with Gasteiger partial charge in [-0.2, -0.15) is 0 Å². The van der Waals surface area contributed by atoms with Crippen LogP contribution in [0, 0.1) is 0 Å². The molecule has 1 aliphatic rings. The minimum absolute atomic E-state index is 0.250. The Kier molecular flexibility index (Phi) is 6.51. The number of hydrogen-bond donors (Lipinski definition) is 1. The maximum Gasteiger partial charge on any atom is 0.337 e. The van der Waals surface area contributed by atoms with Crippen molar-refractivity contribution in [2.45, 2.75) is 18.9 Å². The molecule has 1 saturated heterocycles. The highest BCUT2D eigenvalue weighted by Gasteiger charge is 2.19. The van der Waals surface area contributed by atoms with Crippen LogP contribution in [0.4, 0.5) is 0 Å². The van der Waals surface area contributed by atoms with Crippen molar-refractivity contribution in [3.05, 3.63) is 42.2 Å². The van der Waals surface area contributed by atoms with E-state index in [1.165, 1.54) is 7.11 Å². The summed E-state index contributed by atoms with van der Waals surface area (Å²) >= 11 is 0. The minimum Gasteiger partial charge on any atom is -0.483 e. The predicted octanol–water partition coefficient (Wildman–Crippen LogP) is 2.39. The van der Waals surface area contributed by atoms with E-state index >= 15 is 0 Å². The third kappa shape index (κ3) is 4.20. The van der Waals surface area contributed by atoms with E-state index in [4.69, 9.17) is 19.4 Å². The van der Waals surface area contributed by atoms with Crippen molar-refractivity contribution in [1.82, 2.24) is 9.55 Å². The first kappa shape index (κ1) is 17.7. The summed E-state index contributed by atoms with van der Waals surface area (Å²) in [7, 11) is 1.38. The molecule has 128 valence electrons. The molecule has 0 spiro atoms. The number of nitrogens with zero attached hydrogens (tertiary/aromatic N) is 2. The van der Waals surface area contributed by atoms with Crippen LogP contribution in [0.15, 0.2) is 36.7 Å². The van der Waals surface area contributed by atoms with Crippen molar-refractivity contribution in [2.24, 2.45) is 0 Å². The Morgan fingerprint density at radius 1 is 1.33 bits per heavy atom. The van der Waals surface area contributed by atoms with Gasteiger partial charge < -0.3 is 19.1 Å². The number of hydrogen-bond acceptors (Lipinski definition) is 5. The number of imidazole rings is 1. The van der Waals surface area contributed by atoms with Crippen molar-refractivity contribution >= 4 is 12.4 Å². The van der Waals surface area contributed by atoms with E-state index in [2.05, 4.69) is 9.55 Å². The highest BCUT2D eigenvalue weighted by atomic mass is 16.5. The Labute approximate surface area is 139 Å². The van der Waals surface area contributed by atoms with Crippen LogP contribution >= 0.6 is 0 Å². The molecule has 1 fully saturated rings. The molecule has 1 N–H and O–H groups in total. The van der Waals surface area contributed by atoms with Crippen LogP contribution in [0.5, 0.6) is 0 Å². The minimum atomic E-state index is -0.325. The monoisotopic (exact) mass is 332 g/mol. The average molecular weight is 332 g/mol. The summed E-state index contributed by atoms with van der Waals surface area (Å²) in [5.74, 6) is 0.604. The van der Waals surface area contributed by atoms with Crippen molar-refractivity contribution in [2.75, 3.05) is 20.3 Å². The quantitative estimate of drug-likeness (QED) is 0.685. The van der Waals surface area contributed by atoms with Gasteiger partial charge in [-0.25, -0.2) is 9.78 Å². The molecule has 0 atom stereocenters. The molecular weight excluding hydrogens is 312 g/mol. The maximum atomic E-state index is 11.5. The predicted molar refractivity (Wildman–Crippen MR) is 86.8 cm³/mol. The maximum absolute atomic E-state index is 11.5. The van der Waals surface area contributed by atoms with Gasteiger partial charge in [-0.3, -0.25) is 4.79 Å². The van der Waals surface area contributed by atoms with E-state index in [1.807, 2.05) is 24.5 Å². The van der Waals surface area contributed by atoms with Gasteiger partial charge in [0.05, 0.1) is 12.7 Å². The van der Waals surface area contributed by atoms with Gasteiger partial charge in [-0.05, 0) is 25.0 Å². The van der Waals surface area contributed by atoms with Crippen molar-refractivity contribution in [3.8, 4) is 11.4 Å². The molecule has 2 heterocycles. The molecule has 0 radical (unpaired) electrons. The number of carbonyl (C=O) groups excluding carboxylic acids is 1. The highest BCUT2D eigenvalue weighted by molar-refractivity contribution is 5.89. The summed E-state index contributed by atoms with van der Waals surface area (Å²) in [5.41, 5.74) is 1.55. The van der Waals surface area contributed by atoms with Gasteiger partial charge in [-0.1, -0.05) is 12.1 Å². The van der Waals surface area contributed by atoms with E-state index in [0.717, 1.165) is 37.4 Å². The number of carbonyl (C=O) groups is 2. The molecule has 2 aromatic rings. The summed E-state index contributed by atoms with van der Waals surface area (Å²) in [6, 6.07) is 7.78. The molecule has 0 bridgehead atoms. The molecular formula is C17H20N2O5. The summed E-state index contributed by atoms with van der Waals surface area (Å²) in [4.78, 5) is 24.3. The lowest BCUT2D eigenvalue weighted by Gasteiger charge is -2.25. The van der Waals surface area contributed by atoms with Crippen molar-refractivity contribution in [1.29, 1.82) is 0 Å². The fourth-order valence-corrected chi connectivity index (χ4v) is 2.67. The molecule has 0 saturated carbocycles. The van der Waals surface area contributed by atoms with Gasteiger partial charge in [0.15, 0.2) is 0 Å². The van der Waals surface area contributed by atoms with E-state index in [1.54, 1.807) is 12.1 Å². The Balaban J connectivity index is 0.000000647. The zero-order valence-corrected chi connectivity index (χ0v) is 13.4. The third-order valence-corrected chi connectivity index (χ3v) is 3.82. The Hall–Kier alpha value is -2.67. The topological polar surface area (TPSA) is 90.6 Å². The summed E-state index contributed by atoms with van der Waals surface area (Å²) < 4.78 is 12.3. The lowest BCUT2D eigenvalue weighted by atomic mass is 10.1. The first-order valence-electron chi connectivity index (χ1n) is 7.58. The third-order valence-electron chi connectivity index (χ3n) is 3.82. The SMILES string of the molecule is COC(=O)c1ccc(-c2nccn2C2CCOCC2)cc1.O=CO. The van der Waals surface area contributed by atoms with E-state index in [-0.39, 0.29) is 12.4 Å². The second kappa shape index (κ2) is 8.83. The molecule has 1 aliphatic heterocycles.